The SMILES string of the molecule is CCOC(=O)CCCN1CCN(S(=O)(=O)c2cccc(F)c2)CC1. The topological polar surface area (TPSA) is 66.9 Å². The van der Waals surface area contributed by atoms with Crippen LogP contribution in [-0.2, 0) is 19.6 Å². The summed E-state index contributed by atoms with van der Waals surface area (Å²) >= 11 is 0. The van der Waals surface area contributed by atoms with Crippen molar-refractivity contribution in [3.05, 3.63) is 30.1 Å². The van der Waals surface area contributed by atoms with E-state index >= 15 is 0 Å². The summed E-state index contributed by atoms with van der Waals surface area (Å²) in [6.07, 6.45) is 1.06. The molecule has 0 bridgehead atoms. The molecule has 1 heterocycles. The Morgan fingerprint density at radius 2 is 1.96 bits per heavy atom. The molecular weight excluding hydrogens is 335 g/mol. The summed E-state index contributed by atoms with van der Waals surface area (Å²) in [6.45, 7) is 4.80. The highest BCUT2D eigenvalue weighted by Crippen LogP contribution is 2.18. The maximum absolute atomic E-state index is 13.3. The lowest BCUT2D eigenvalue weighted by Gasteiger charge is -2.33. The summed E-state index contributed by atoms with van der Waals surface area (Å²) in [5.74, 6) is -0.765. The van der Waals surface area contributed by atoms with E-state index in [1.807, 2.05) is 0 Å². The van der Waals surface area contributed by atoms with E-state index in [1.54, 1.807) is 6.92 Å². The largest absolute Gasteiger partial charge is 0.466 e. The molecule has 0 atom stereocenters. The number of carbonyl (C=O) groups excluding carboxylic acids is 1. The van der Waals surface area contributed by atoms with Crippen molar-refractivity contribution in [3.8, 4) is 0 Å². The summed E-state index contributed by atoms with van der Waals surface area (Å²) in [5, 5.41) is 0. The van der Waals surface area contributed by atoms with Crippen LogP contribution in [0.2, 0.25) is 0 Å². The minimum atomic E-state index is -3.66. The standard InChI is InChI=1S/C16H23FN2O4S/c1-2-23-16(20)7-4-8-18-9-11-19(12-10-18)24(21,22)15-6-3-5-14(17)13-15/h3,5-6,13H,2,4,7-12H2,1H3. The Kier molecular flexibility index (Phi) is 6.70. The third-order valence-corrected chi connectivity index (χ3v) is 5.82. The van der Waals surface area contributed by atoms with Crippen LogP contribution in [0.5, 0.6) is 0 Å². The second-order valence-corrected chi connectivity index (χ2v) is 7.55. The summed E-state index contributed by atoms with van der Waals surface area (Å²) in [5.41, 5.74) is 0. The van der Waals surface area contributed by atoms with Gasteiger partial charge in [-0.2, -0.15) is 4.31 Å². The molecule has 134 valence electrons. The fourth-order valence-corrected chi connectivity index (χ4v) is 4.10. The number of esters is 1. The Morgan fingerprint density at radius 1 is 1.25 bits per heavy atom. The second-order valence-electron chi connectivity index (χ2n) is 5.61. The van der Waals surface area contributed by atoms with Gasteiger partial charge in [0, 0.05) is 32.6 Å². The van der Waals surface area contributed by atoms with Crippen molar-refractivity contribution in [2.45, 2.75) is 24.7 Å². The number of rotatable bonds is 7. The van der Waals surface area contributed by atoms with E-state index in [9.17, 15) is 17.6 Å². The van der Waals surface area contributed by atoms with Gasteiger partial charge in [0.25, 0.3) is 0 Å². The number of hydrogen-bond acceptors (Lipinski definition) is 5. The average molecular weight is 358 g/mol. The highest BCUT2D eigenvalue weighted by molar-refractivity contribution is 7.89. The summed E-state index contributed by atoms with van der Waals surface area (Å²) in [6, 6.07) is 5.07. The number of piperazine rings is 1. The number of ether oxygens (including phenoxy) is 1. The molecule has 1 aromatic rings. The predicted octanol–water partition coefficient (Wildman–Crippen LogP) is 1.48. The Labute approximate surface area is 142 Å². The van der Waals surface area contributed by atoms with E-state index in [2.05, 4.69) is 4.90 Å². The van der Waals surface area contributed by atoms with Crippen LogP contribution in [-0.4, -0.2) is 62.9 Å². The molecule has 0 saturated carbocycles. The Morgan fingerprint density at radius 3 is 2.58 bits per heavy atom. The average Bonchev–Trinajstić information content (AvgIpc) is 2.55. The molecule has 1 fully saturated rings. The molecule has 0 spiro atoms. The van der Waals surface area contributed by atoms with Crippen molar-refractivity contribution in [1.29, 1.82) is 0 Å². The van der Waals surface area contributed by atoms with Gasteiger partial charge < -0.3 is 9.64 Å². The molecule has 0 radical (unpaired) electrons. The number of nitrogens with zero attached hydrogens (tertiary/aromatic N) is 2. The van der Waals surface area contributed by atoms with Gasteiger partial charge >= 0.3 is 5.97 Å². The molecule has 1 aliphatic heterocycles. The molecule has 6 nitrogen and oxygen atoms in total. The minimum Gasteiger partial charge on any atom is -0.466 e. The van der Waals surface area contributed by atoms with Crippen molar-refractivity contribution in [2.24, 2.45) is 0 Å². The number of sulfonamides is 1. The normalized spacial score (nSPS) is 16.9. The number of benzene rings is 1. The lowest BCUT2D eigenvalue weighted by Crippen LogP contribution is -2.48. The van der Waals surface area contributed by atoms with Gasteiger partial charge in [-0.3, -0.25) is 4.79 Å². The van der Waals surface area contributed by atoms with Crippen LogP contribution in [0.3, 0.4) is 0 Å². The molecule has 0 unspecified atom stereocenters. The highest BCUT2D eigenvalue weighted by atomic mass is 32.2. The molecule has 0 aliphatic carbocycles. The minimum absolute atomic E-state index is 0.0155. The van der Waals surface area contributed by atoms with Crippen molar-refractivity contribution in [3.63, 3.8) is 0 Å². The molecule has 8 heteroatoms. The van der Waals surface area contributed by atoms with Gasteiger partial charge in [0.2, 0.25) is 10.0 Å². The number of hydrogen-bond donors (Lipinski definition) is 0. The van der Waals surface area contributed by atoms with E-state index < -0.39 is 15.8 Å². The zero-order chi connectivity index (χ0) is 17.6. The monoisotopic (exact) mass is 358 g/mol. The fraction of sp³-hybridized carbons (Fsp3) is 0.562. The van der Waals surface area contributed by atoms with Gasteiger partial charge in [-0.1, -0.05) is 6.07 Å². The molecule has 1 saturated heterocycles. The maximum Gasteiger partial charge on any atom is 0.305 e. The maximum atomic E-state index is 13.3. The Balaban J connectivity index is 1.83. The third-order valence-electron chi connectivity index (χ3n) is 3.93. The fourth-order valence-electron chi connectivity index (χ4n) is 2.65. The number of halogens is 1. The van der Waals surface area contributed by atoms with Crippen molar-refractivity contribution in [2.75, 3.05) is 39.3 Å². The Bertz CT molecular complexity index is 658. The van der Waals surface area contributed by atoms with Crippen molar-refractivity contribution >= 4 is 16.0 Å². The first kappa shape index (κ1) is 18.8. The van der Waals surface area contributed by atoms with Crippen LogP contribution in [0, 0.1) is 5.82 Å². The molecule has 1 aliphatic rings. The summed E-state index contributed by atoms with van der Waals surface area (Å²) in [4.78, 5) is 13.4. The first-order valence-corrected chi connectivity index (χ1v) is 9.51. The first-order chi connectivity index (χ1) is 11.4. The third kappa shape index (κ3) is 4.99. The van der Waals surface area contributed by atoms with E-state index in [0.717, 1.165) is 12.6 Å². The number of carbonyl (C=O) groups is 1. The lowest BCUT2D eigenvalue weighted by molar-refractivity contribution is -0.143. The summed E-state index contributed by atoms with van der Waals surface area (Å²) in [7, 11) is -3.66. The molecule has 24 heavy (non-hydrogen) atoms. The van der Waals surface area contributed by atoms with Gasteiger partial charge in [-0.15, -0.1) is 0 Å². The van der Waals surface area contributed by atoms with Gasteiger partial charge in [-0.05, 0) is 38.1 Å². The zero-order valence-electron chi connectivity index (χ0n) is 13.8. The van der Waals surface area contributed by atoms with Crippen LogP contribution >= 0.6 is 0 Å². The second kappa shape index (κ2) is 8.55. The Hall–Kier alpha value is -1.51. The first-order valence-electron chi connectivity index (χ1n) is 8.07. The van der Waals surface area contributed by atoms with Gasteiger partial charge in [0.1, 0.15) is 5.82 Å². The van der Waals surface area contributed by atoms with Crippen molar-refractivity contribution < 1.29 is 22.3 Å². The van der Waals surface area contributed by atoms with E-state index in [0.29, 0.717) is 45.6 Å². The smallest absolute Gasteiger partial charge is 0.305 e. The summed E-state index contributed by atoms with van der Waals surface area (Å²) < 4.78 is 44.5. The lowest BCUT2D eigenvalue weighted by atomic mass is 10.2. The molecule has 0 N–H and O–H groups in total. The van der Waals surface area contributed by atoms with Crippen LogP contribution in [0.1, 0.15) is 19.8 Å². The van der Waals surface area contributed by atoms with Crippen LogP contribution < -0.4 is 0 Å². The highest BCUT2D eigenvalue weighted by Gasteiger charge is 2.28. The van der Waals surface area contributed by atoms with E-state index in [4.69, 9.17) is 4.74 Å². The van der Waals surface area contributed by atoms with Crippen molar-refractivity contribution in [1.82, 2.24) is 9.21 Å². The van der Waals surface area contributed by atoms with Gasteiger partial charge in [0.05, 0.1) is 11.5 Å². The molecule has 0 amide bonds. The molecule has 1 aromatic carbocycles. The molecule has 0 aromatic heterocycles. The quantitative estimate of drug-likeness (QED) is 0.691. The van der Waals surface area contributed by atoms with Crippen LogP contribution in [0.4, 0.5) is 4.39 Å². The molecule has 2 rings (SSSR count). The van der Waals surface area contributed by atoms with Crippen LogP contribution in [0.25, 0.3) is 0 Å². The predicted molar refractivity (Wildman–Crippen MR) is 87.5 cm³/mol. The molecular formula is C16H23FN2O4S. The van der Waals surface area contributed by atoms with E-state index in [1.165, 1.54) is 22.5 Å². The van der Waals surface area contributed by atoms with E-state index in [-0.39, 0.29) is 10.9 Å². The zero-order valence-corrected chi connectivity index (χ0v) is 14.6. The van der Waals surface area contributed by atoms with Crippen LogP contribution in [0.15, 0.2) is 29.2 Å². The van der Waals surface area contributed by atoms with Gasteiger partial charge in [-0.25, -0.2) is 12.8 Å². The van der Waals surface area contributed by atoms with Gasteiger partial charge in [0.15, 0.2) is 0 Å².